The van der Waals surface area contributed by atoms with Gasteiger partial charge in [0.1, 0.15) is 6.61 Å². The zero-order valence-electron chi connectivity index (χ0n) is 13.4. The van der Waals surface area contributed by atoms with Crippen LogP contribution in [-0.2, 0) is 21.4 Å². The highest BCUT2D eigenvalue weighted by Gasteiger charge is 2.40. The number of alkyl halides is 4. The maximum atomic E-state index is 12.8. The highest BCUT2D eigenvalue weighted by Crippen LogP contribution is 2.23. The first kappa shape index (κ1) is 20.1. The van der Waals surface area contributed by atoms with Crippen molar-refractivity contribution in [1.82, 2.24) is 10.0 Å². The van der Waals surface area contributed by atoms with Crippen LogP contribution in [-0.4, -0.2) is 46.5 Å². The summed E-state index contributed by atoms with van der Waals surface area (Å²) in [6.07, 6.45) is -2.23. The van der Waals surface area contributed by atoms with Crippen molar-refractivity contribution in [2.24, 2.45) is 0 Å². The summed E-state index contributed by atoms with van der Waals surface area (Å²) < 4.78 is 81.6. The van der Waals surface area contributed by atoms with Gasteiger partial charge in [0, 0.05) is 12.6 Å². The van der Waals surface area contributed by atoms with Crippen molar-refractivity contribution < 1.29 is 30.7 Å². The number of benzene rings is 1. The zero-order chi connectivity index (χ0) is 18.5. The second-order valence-corrected chi connectivity index (χ2v) is 7.58. The molecule has 0 bridgehead atoms. The van der Waals surface area contributed by atoms with Gasteiger partial charge in [0.2, 0.25) is 10.0 Å². The summed E-state index contributed by atoms with van der Waals surface area (Å²) in [6, 6.07) is 5.34. The van der Waals surface area contributed by atoms with Crippen LogP contribution in [0.2, 0.25) is 0 Å². The lowest BCUT2D eigenvalue weighted by Gasteiger charge is -2.23. The van der Waals surface area contributed by atoms with Crippen LogP contribution in [0.25, 0.3) is 0 Å². The summed E-state index contributed by atoms with van der Waals surface area (Å²) in [7, 11) is -3.76. The van der Waals surface area contributed by atoms with Gasteiger partial charge < -0.3 is 10.1 Å². The monoisotopic (exact) mass is 384 g/mol. The van der Waals surface area contributed by atoms with Gasteiger partial charge in [0.25, 0.3) is 0 Å². The first-order valence-electron chi connectivity index (χ1n) is 7.76. The Kier molecular flexibility index (Phi) is 6.78. The third kappa shape index (κ3) is 5.91. The lowest BCUT2D eigenvalue weighted by Crippen LogP contribution is -2.45. The van der Waals surface area contributed by atoms with Crippen molar-refractivity contribution in [2.75, 3.05) is 19.7 Å². The van der Waals surface area contributed by atoms with Gasteiger partial charge in [-0.2, -0.15) is 8.78 Å². The van der Waals surface area contributed by atoms with Gasteiger partial charge in [-0.15, -0.1) is 0 Å². The van der Waals surface area contributed by atoms with Crippen LogP contribution in [0.4, 0.5) is 17.6 Å². The Balaban J connectivity index is 1.97. The molecule has 1 heterocycles. The SMILES string of the molecule is O=S(=O)(NC1CCCNC1)c1cccc(COCC(F)(F)C(F)F)c1. The predicted octanol–water partition coefficient (Wildman–Crippen LogP) is 2.13. The largest absolute Gasteiger partial charge is 0.370 e. The van der Waals surface area contributed by atoms with E-state index in [0.29, 0.717) is 12.1 Å². The van der Waals surface area contributed by atoms with E-state index in [4.69, 9.17) is 0 Å². The molecule has 1 saturated heterocycles. The normalized spacial score (nSPS) is 19.3. The van der Waals surface area contributed by atoms with Gasteiger partial charge in [-0.1, -0.05) is 12.1 Å². The van der Waals surface area contributed by atoms with E-state index in [9.17, 15) is 26.0 Å². The molecular formula is C15H20F4N2O3S. The Bertz CT molecular complexity index is 664. The summed E-state index contributed by atoms with van der Waals surface area (Å²) in [5.74, 6) is -4.24. The molecule has 1 aliphatic heterocycles. The van der Waals surface area contributed by atoms with E-state index in [0.717, 1.165) is 19.4 Å². The highest BCUT2D eigenvalue weighted by atomic mass is 32.2. The molecule has 1 unspecified atom stereocenters. The molecule has 0 spiro atoms. The molecule has 0 radical (unpaired) electrons. The lowest BCUT2D eigenvalue weighted by atomic mass is 10.1. The van der Waals surface area contributed by atoms with Crippen LogP contribution < -0.4 is 10.0 Å². The van der Waals surface area contributed by atoms with Gasteiger partial charge in [-0.25, -0.2) is 21.9 Å². The molecule has 1 atom stereocenters. The molecule has 25 heavy (non-hydrogen) atoms. The lowest BCUT2D eigenvalue weighted by molar-refractivity contribution is -0.168. The number of rotatable bonds is 8. The van der Waals surface area contributed by atoms with Crippen LogP contribution >= 0.6 is 0 Å². The van der Waals surface area contributed by atoms with Crippen LogP contribution in [0, 0.1) is 0 Å². The molecule has 0 aromatic heterocycles. The molecule has 0 amide bonds. The minimum absolute atomic E-state index is 0.0280. The summed E-state index contributed by atoms with van der Waals surface area (Å²) >= 11 is 0. The number of piperidine rings is 1. The van der Waals surface area contributed by atoms with E-state index >= 15 is 0 Å². The molecule has 2 rings (SSSR count). The quantitative estimate of drug-likeness (QED) is 0.674. The van der Waals surface area contributed by atoms with Crippen molar-refractivity contribution in [2.45, 2.75) is 42.7 Å². The van der Waals surface area contributed by atoms with Gasteiger partial charge in [0.05, 0.1) is 11.5 Å². The Hall–Kier alpha value is -1.23. The van der Waals surface area contributed by atoms with Crippen LogP contribution in [0.3, 0.4) is 0 Å². The number of ether oxygens (including phenoxy) is 1. The predicted molar refractivity (Wildman–Crippen MR) is 83.3 cm³/mol. The van der Waals surface area contributed by atoms with Crippen molar-refractivity contribution >= 4 is 10.0 Å². The standard InChI is InChI=1S/C15H20F4N2O3S/c16-14(17)15(18,19)10-24-9-11-3-1-5-13(7-11)25(22,23)21-12-4-2-6-20-8-12/h1,3,5,7,12,14,20-21H,2,4,6,8-10H2. The number of sulfonamides is 1. The third-order valence-electron chi connectivity index (χ3n) is 3.71. The average Bonchev–Trinajstić information content (AvgIpc) is 2.55. The molecule has 1 aliphatic rings. The fraction of sp³-hybridized carbons (Fsp3) is 0.600. The average molecular weight is 384 g/mol. The highest BCUT2D eigenvalue weighted by molar-refractivity contribution is 7.89. The van der Waals surface area contributed by atoms with E-state index < -0.39 is 35.6 Å². The zero-order valence-corrected chi connectivity index (χ0v) is 14.2. The number of nitrogens with one attached hydrogen (secondary N) is 2. The first-order valence-corrected chi connectivity index (χ1v) is 9.25. The summed E-state index contributed by atoms with van der Waals surface area (Å²) in [4.78, 5) is -0.0280. The molecule has 1 fully saturated rings. The number of hydrogen-bond acceptors (Lipinski definition) is 4. The summed E-state index contributed by atoms with van der Waals surface area (Å²) in [5, 5.41) is 3.09. The third-order valence-corrected chi connectivity index (χ3v) is 5.23. The molecule has 10 heteroatoms. The van der Waals surface area contributed by atoms with E-state index in [1.165, 1.54) is 24.3 Å². The van der Waals surface area contributed by atoms with Crippen LogP contribution in [0.5, 0.6) is 0 Å². The van der Waals surface area contributed by atoms with E-state index in [-0.39, 0.29) is 10.9 Å². The van der Waals surface area contributed by atoms with Crippen molar-refractivity contribution in [3.63, 3.8) is 0 Å². The molecule has 1 aromatic carbocycles. The summed E-state index contributed by atoms with van der Waals surface area (Å²) in [6.45, 7) is -0.455. The second kappa shape index (κ2) is 8.43. The Morgan fingerprint density at radius 2 is 2.12 bits per heavy atom. The molecule has 0 aliphatic carbocycles. The van der Waals surface area contributed by atoms with Crippen molar-refractivity contribution in [1.29, 1.82) is 0 Å². The Morgan fingerprint density at radius 1 is 1.36 bits per heavy atom. The minimum atomic E-state index is -4.24. The fourth-order valence-electron chi connectivity index (χ4n) is 2.41. The van der Waals surface area contributed by atoms with E-state index in [1.54, 1.807) is 0 Å². The van der Waals surface area contributed by atoms with Crippen LogP contribution in [0.1, 0.15) is 18.4 Å². The van der Waals surface area contributed by atoms with E-state index in [1.807, 2.05) is 0 Å². The Labute approximate surface area is 143 Å². The van der Waals surface area contributed by atoms with Gasteiger partial charge in [-0.05, 0) is 37.1 Å². The number of halogens is 4. The molecule has 5 nitrogen and oxygen atoms in total. The van der Waals surface area contributed by atoms with Gasteiger partial charge in [0.15, 0.2) is 0 Å². The second-order valence-electron chi connectivity index (χ2n) is 5.87. The molecule has 142 valence electrons. The van der Waals surface area contributed by atoms with Crippen LogP contribution in [0.15, 0.2) is 29.2 Å². The van der Waals surface area contributed by atoms with Gasteiger partial charge in [-0.3, -0.25) is 0 Å². The summed E-state index contributed by atoms with van der Waals surface area (Å²) in [5.41, 5.74) is 0.301. The Morgan fingerprint density at radius 3 is 2.76 bits per heavy atom. The minimum Gasteiger partial charge on any atom is -0.370 e. The fourth-order valence-corrected chi connectivity index (χ4v) is 3.75. The maximum absolute atomic E-state index is 12.8. The maximum Gasteiger partial charge on any atom is 0.330 e. The van der Waals surface area contributed by atoms with E-state index in [2.05, 4.69) is 14.8 Å². The molecule has 2 N–H and O–H groups in total. The van der Waals surface area contributed by atoms with Crippen molar-refractivity contribution in [3.8, 4) is 0 Å². The number of hydrogen-bond donors (Lipinski definition) is 2. The first-order chi connectivity index (χ1) is 11.7. The van der Waals surface area contributed by atoms with Gasteiger partial charge >= 0.3 is 12.3 Å². The molecule has 0 saturated carbocycles. The molecular weight excluding hydrogens is 364 g/mol. The topological polar surface area (TPSA) is 67.4 Å². The van der Waals surface area contributed by atoms with Crippen molar-refractivity contribution in [3.05, 3.63) is 29.8 Å². The smallest absolute Gasteiger partial charge is 0.330 e. The molecule has 1 aromatic rings.